The lowest BCUT2D eigenvalue weighted by atomic mass is 10.1. The van der Waals surface area contributed by atoms with E-state index in [9.17, 15) is 22.4 Å². The summed E-state index contributed by atoms with van der Waals surface area (Å²) in [5.41, 5.74) is 0.768. The van der Waals surface area contributed by atoms with Crippen molar-refractivity contribution in [2.45, 2.75) is 12.7 Å². The van der Waals surface area contributed by atoms with Crippen LogP contribution in [0.5, 0.6) is 0 Å². The van der Waals surface area contributed by atoms with Gasteiger partial charge in [0.25, 0.3) is 5.91 Å². The molecule has 1 aliphatic rings. The molecule has 0 bridgehead atoms. The van der Waals surface area contributed by atoms with E-state index in [1.807, 2.05) is 0 Å². The number of rotatable bonds is 4. The second kappa shape index (κ2) is 8.74. The summed E-state index contributed by atoms with van der Waals surface area (Å²) in [5, 5.41) is 3.48. The van der Waals surface area contributed by atoms with Gasteiger partial charge in [0.2, 0.25) is 0 Å². The fraction of sp³-hybridized carbons (Fsp3) is 0.273. The van der Waals surface area contributed by atoms with E-state index < -0.39 is 17.6 Å². The summed E-state index contributed by atoms with van der Waals surface area (Å²) >= 11 is 1.76. The molecule has 3 aromatic rings. The maximum Gasteiger partial charge on any atom is 0.416 e. The number of halogens is 4. The number of carbonyl (C=O) groups excluding carboxylic acids is 1. The van der Waals surface area contributed by atoms with Crippen molar-refractivity contribution in [3.63, 3.8) is 0 Å². The SMILES string of the molecule is O=C(c1cnc2ccc(F)cc2c1NCc1cccc(C(F)(F)F)c1)N1CCSCC1. The van der Waals surface area contributed by atoms with Gasteiger partial charge in [-0.1, -0.05) is 12.1 Å². The van der Waals surface area contributed by atoms with E-state index in [1.54, 1.807) is 22.7 Å². The number of pyridine rings is 1. The summed E-state index contributed by atoms with van der Waals surface area (Å²) in [6, 6.07) is 9.02. The Kier molecular flexibility index (Phi) is 6.04. The third-order valence-corrected chi connectivity index (χ3v) is 6.02. The molecule has 2 heterocycles. The van der Waals surface area contributed by atoms with Crippen molar-refractivity contribution in [1.29, 1.82) is 0 Å². The Morgan fingerprint density at radius 2 is 1.90 bits per heavy atom. The number of hydrogen-bond donors (Lipinski definition) is 1. The first-order valence-electron chi connectivity index (χ1n) is 9.68. The Bertz CT molecular complexity index is 1110. The summed E-state index contributed by atoms with van der Waals surface area (Å²) in [5.74, 6) is 0.934. The van der Waals surface area contributed by atoms with E-state index in [0.717, 1.165) is 23.6 Å². The zero-order valence-corrected chi connectivity index (χ0v) is 17.2. The molecule has 0 aliphatic carbocycles. The largest absolute Gasteiger partial charge is 0.416 e. The zero-order chi connectivity index (χ0) is 22.0. The van der Waals surface area contributed by atoms with Crippen molar-refractivity contribution in [2.75, 3.05) is 29.9 Å². The Hall–Kier alpha value is -2.81. The molecule has 1 fully saturated rings. The summed E-state index contributed by atoms with van der Waals surface area (Å²) in [6.45, 7) is 1.23. The average Bonchev–Trinajstić information content (AvgIpc) is 2.77. The van der Waals surface area contributed by atoms with E-state index >= 15 is 0 Å². The molecule has 4 rings (SSSR count). The van der Waals surface area contributed by atoms with Crippen LogP contribution in [0, 0.1) is 5.82 Å². The van der Waals surface area contributed by atoms with Crippen LogP contribution < -0.4 is 5.32 Å². The van der Waals surface area contributed by atoms with Crippen LogP contribution in [-0.4, -0.2) is 40.4 Å². The predicted molar refractivity (Wildman–Crippen MR) is 114 cm³/mol. The zero-order valence-electron chi connectivity index (χ0n) is 16.4. The second-order valence-corrected chi connectivity index (χ2v) is 8.39. The lowest BCUT2D eigenvalue weighted by molar-refractivity contribution is -0.137. The summed E-state index contributed by atoms with van der Waals surface area (Å²) in [6.07, 6.45) is -3.01. The Balaban J connectivity index is 1.70. The second-order valence-electron chi connectivity index (χ2n) is 7.16. The Morgan fingerprint density at radius 3 is 2.65 bits per heavy atom. The fourth-order valence-electron chi connectivity index (χ4n) is 3.50. The van der Waals surface area contributed by atoms with E-state index in [0.29, 0.717) is 35.2 Å². The van der Waals surface area contributed by atoms with Gasteiger partial charge in [-0.3, -0.25) is 9.78 Å². The summed E-state index contributed by atoms with van der Waals surface area (Å²) in [4.78, 5) is 19.1. The normalized spacial score (nSPS) is 14.6. The van der Waals surface area contributed by atoms with Gasteiger partial charge in [0, 0.05) is 42.7 Å². The lowest BCUT2D eigenvalue weighted by Crippen LogP contribution is -2.38. The molecule has 1 amide bonds. The number of hydrogen-bond acceptors (Lipinski definition) is 4. The maximum absolute atomic E-state index is 14.0. The van der Waals surface area contributed by atoms with Crippen LogP contribution in [0.4, 0.5) is 23.2 Å². The highest BCUT2D eigenvalue weighted by molar-refractivity contribution is 7.99. The number of aromatic nitrogens is 1. The molecule has 0 unspecified atom stereocenters. The number of alkyl halides is 3. The number of thioether (sulfide) groups is 1. The molecule has 0 saturated carbocycles. The average molecular weight is 449 g/mol. The topological polar surface area (TPSA) is 45.2 Å². The monoisotopic (exact) mass is 449 g/mol. The van der Waals surface area contributed by atoms with Gasteiger partial charge >= 0.3 is 6.18 Å². The first kappa shape index (κ1) is 21.4. The molecule has 2 aromatic carbocycles. The minimum Gasteiger partial charge on any atom is -0.380 e. The number of nitrogens with one attached hydrogen (secondary N) is 1. The fourth-order valence-corrected chi connectivity index (χ4v) is 4.41. The lowest BCUT2D eigenvalue weighted by Gasteiger charge is -2.27. The Labute approximate surface area is 180 Å². The van der Waals surface area contributed by atoms with Crippen LogP contribution in [0.15, 0.2) is 48.7 Å². The molecule has 31 heavy (non-hydrogen) atoms. The molecule has 1 aliphatic heterocycles. The molecule has 0 spiro atoms. The van der Waals surface area contributed by atoms with Gasteiger partial charge in [0.1, 0.15) is 5.82 Å². The van der Waals surface area contributed by atoms with Gasteiger partial charge in [0.05, 0.1) is 22.3 Å². The molecular weight excluding hydrogens is 430 g/mol. The van der Waals surface area contributed by atoms with Gasteiger partial charge in [-0.15, -0.1) is 0 Å². The number of amides is 1. The molecule has 1 saturated heterocycles. The standard InChI is InChI=1S/C22H19F4N3OS/c23-16-4-5-19-17(11-16)20(18(13-27-19)21(30)29-6-8-31-9-7-29)28-12-14-2-1-3-15(10-14)22(24,25)26/h1-5,10-11,13H,6-9,12H2,(H,27,28). The highest BCUT2D eigenvalue weighted by atomic mass is 32.2. The molecule has 4 nitrogen and oxygen atoms in total. The van der Waals surface area contributed by atoms with Gasteiger partial charge in [-0.05, 0) is 35.9 Å². The molecule has 0 atom stereocenters. The number of carbonyl (C=O) groups is 1. The van der Waals surface area contributed by atoms with Crippen LogP contribution in [0.3, 0.4) is 0 Å². The molecule has 0 radical (unpaired) electrons. The molecule has 9 heteroatoms. The van der Waals surface area contributed by atoms with Crippen molar-refractivity contribution in [2.24, 2.45) is 0 Å². The third kappa shape index (κ3) is 4.76. The maximum atomic E-state index is 14.0. The van der Waals surface area contributed by atoms with Crippen LogP contribution in [0.1, 0.15) is 21.5 Å². The van der Waals surface area contributed by atoms with Crippen molar-refractivity contribution in [1.82, 2.24) is 9.88 Å². The smallest absolute Gasteiger partial charge is 0.380 e. The van der Waals surface area contributed by atoms with Gasteiger partial charge in [-0.25, -0.2) is 4.39 Å². The van der Waals surface area contributed by atoms with E-state index in [-0.39, 0.29) is 18.0 Å². The number of benzene rings is 2. The van der Waals surface area contributed by atoms with E-state index in [1.165, 1.54) is 30.5 Å². The third-order valence-electron chi connectivity index (χ3n) is 5.08. The molecule has 1 N–H and O–H groups in total. The van der Waals surface area contributed by atoms with E-state index in [4.69, 9.17) is 0 Å². The number of nitrogens with zero attached hydrogens (tertiary/aromatic N) is 2. The van der Waals surface area contributed by atoms with Gasteiger partial charge < -0.3 is 10.2 Å². The van der Waals surface area contributed by atoms with E-state index in [2.05, 4.69) is 10.3 Å². The van der Waals surface area contributed by atoms with Crippen molar-refractivity contribution in [3.8, 4) is 0 Å². The van der Waals surface area contributed by atoms with Gasteiger partial charge in [-0.2, -0.15) is 24.9 Å². The highest BCUT2D eigenvalue weighted by Gasteiger charge is 2.30. The first-order chi connectivity index (χ1) is 14.8. The summed E-state index contributed by atoms with van der Waals surface area (Å²) in [7, 11) is 0. The quantitative estimate of drug-likeness (QED) is 0.557. The van der Waals surface area contributed by atoms with Gasteiger partial charge in [0.15, 0.2) is 0 Å². The Morgan fingerprint density at radius 1 is 1.13 bits per heavy atom. The minimum atomic E-state index is -4.45. The highest BCUT2D eigenvalue weighted by Crippen LogP contribution is 2.31. The molecular formula is C22H19F4N3OS. The molecule has 162 valence electrons. The minimum absolute atomic E-state index is 0.0374. The number of fused-ring (bicyclic) bond motifs is 1. The molecule has 1 aromatic heterocycles. The van der Waals surface area contributed by atoms with Crippen LogP contribution >= 0.6 is 11.8 Å². The van der Waals surface area contributed by atoms with Crippen molar-refractivity contribution >= 4 is 34.3 Å². The van der Waals surface area contributed by atoms with Crippen LogP contribution in [0.25, 0.3) is 10.9 Å². The number of anilines is 1. The summed E-state index contributed by atoms with van der Waals surface area (Å²) < 4.78 is 53.1. The van der Waals surface area contributed by atoms with Crippen molar-refractivity contribution in [3.05, 3.63) is 71.2 Å². The van der Waals surface area contributed by atoms with Crippen molar-refractivity contribution < 1.29 is 22.4 Å². The van der Waals surface area contributed by atoms with Crippen LogP contribution in [0.2, 0.25) is 0 Å². The predicted octanol–water partition coefficient (Wildman–Crippen LogP) is 5.19. The first-order valence-corrected chi connectivity index (χ1v) is 10.8. The van der Waals surface area contributed by atoms with Crippen LogP contribution in [-0.2, 0) is 12.7 Å².